The highest BCUT2D eigenvalue weighted by Gasteiger charge is 2.04. The summed E-state index contributed by atoms with van der Waals surface area (Å²) in [5.41, 5.74) is 2.15. The van der Waals surface area contributed by atoms with Crippen molar-refractivity contribution < 1.29 is 5.11 Å². The number of para-hydroxylation sites is 1. The highest BCUT2D eigenvalue weighted by Crippen LogP contribution is 2.16. The Hall–Kier alpha value is -1.35. The highest BCUT2D eigenvalue weighted by molar-refractivity contribution is 5.81. The second-order valence-electron chi connectivity index (χ2n) is 3.30. The zero-order valence-corrected chi connectivity index (χ0v) is 7.49. The summed E-state index contributed by atoms with van der Waals surface area (Å²) in [6.45, 7) is 1.79. The minimum Gasteiger partial charge on any atom is -0.393 e. The number of aromatic nitrogens is 2. The molecule has 0 aliphatic rings. The number of fused-ring (bicyclic) bond motifs is 1. The fraction of sp³-hybridized carbons (Fsp3) is 0.300. The maximum Gasteiger partial charge on any atom is 0.0683 e. The lowest BCUT2D eigenvalue weighted by atomic mass is 10.1. The molecule has 1 aromatic heterocycles. The first kappa shape index (κ1) is 8.26. The second kappa shape index (κ2) is 3.18. The van der Waals surface area contributed by atoms with E-state index in [-0.39, 0.29) is 6.10 Å². The van der Waals surface area contributed by atoms with E-state index in [0.717, 1.165) is 16.5 Å². The van der Waals surface area contributed by atoms with Crippen molar-refractivity contribution in [2.75, 3.05) is 0 Å². The summed E-state index contributed by atoms with van der Waals surface area (Å²) in [4.78, 5) is 0. The fourth-order valence-electron chi connectivity index (χ4n) is 1.52. The minimum absolute atomic E-state index is 0.311. The van der Waals surface area contributed by atoms with Crippen LogP contribution in [-0.2, 0) is 6.42 Å². The van der Waals surface area contributed by atoms with Crippen molar-refractivity contribution in [1.29, 1.82) is 0 Å². The van der Waals surface area contributed by atoms with Gasteiger partial charge in [-0.05, 0) is 12.5 Å². The van der Waals surface area contributed by atoms with Crippen molar-refractivity contribution >= 4 is 10.9 Å². The maximum atomic E-state index is 9.27. The van der Waals surface area contributed by atoms with Gasteiger partial charge in [-0.2, -0.15) is 5.10 Å². The molecular weight excluding hydrogens is 164 g/mol. The molecule has 1 unspecified atom stereocenters. The molecule has 0 saturated heterocycles. The van der Waals surface area contributed by atoms with Crippen LogP contribution >= 0.6 is 0 Å². The van der Waals surface area contributed by atoms with Crippen LogP contribution in [-0.4, -0.2) is 21.4 Å². The number of nitrogens with one attached hydrogen (secondary N) is 1. The number of benzene rings is 1. The van der Waals surface area contributed by atoms with E-state index >= 15 is 0 Å². The van der Waals surface area contributed by atoms with Crippen LogP contribution in [0, 0.1) is 0 Å². The number of hydrogen-bond donors (Lipinski definition) is 2. The van der Waals surface area contributed by atoms with Gasteiger partial charge in [0.15, 0.2) is 0 Å². The van der Waals surface area contributed by atoms with E-state index in [1.54, 1.807) is 13.1 Å². The third kappa shape index (κ3) is 1.55. The van der Waals surface area contributed by atoms with Crippen LogP contribution in [0.1, 0.15) is 12.5 Å². The van der Waals surface area contributed by atoms with Gasteiger partial charge in [0.1, 0.15) is 0 Å². The second-order valence-corrected chi connectivity index (χ2v) is 3.30. The normalized spacial score (nSPS) is 13.4. The highest BCUT2D eigenvalue weighted by atomic mass is 16.3. The summed E-state index contributed by atoms with van der Waals surface area (Å²) < 4.78 is 0. The van der Waals surface area contributed by atoms with Crippen molar-refractivity contribution in [2.45, 2.75) is 19.4 Å². The number of aromatic amines is 1. The average Bonchev–Trinajstić information content (AvgIpc) is 2.51. The van der Waals surface area contributed by atoms with E-state index < -0.39 is 0 Å². The molecule has 3 heteroatoms. The predicted molar refractivity (Wildman–Crippen MR) is 51.5 cm³/mol. The van der Waals surface area contributed by atoms with Gasteiger partial charge in [-0.25, -0.2) is 0 Å². The molecule has 1 heterocycles. The molecule has 2 N–H and O–H groups in total. The molecule has 0 aliphatic carbocycles. The Morgan fingerprint density at radius 3 is 3.15 bits per heavy atom. The summed E-state index contributed by atoms with van der Waals surface area (Å²) in [6, 6.07) is 5.99. The first-order valence-electron chi connectivity index (χ1n) is 4.36. The third-order valence-corrected chi connectivity index (χ3v) is 2.08. The van der Waals surface area contributed by atoms with Gasteiger partial charge in [-0.1, -0.05) is 18.2 Å². The van der Waals surface area contributed by atoms with Crippen LogP contribution in [0.3, 0.4) is 0 Å². The van der Waals surface area contributed by atoms with Gasteiger partial charge in [0.2, 0.25) is 0 Å². The minimum atomic E-state index is -0.311. The molecule has 0 spiro atoms. The SMILES string of the molecule is CC(O)Cc1cccc2cn[nH]c12. The van der Waals surface area contributed by atoms with Gasteiger partial charge < -0.3 is 5.11 Å². The Morgan fingerprint density at radius 2 is 2.38 bits per heavy atom. The number of H-pyrrole nitrogens is 1. The van der Waals surface area contributed by atoms with Crippen molar-refractivity contribution in [1.82, 2.24) is 10.2 Å². The Morgan fingerprint density at radius 1 is 1.54 bits per heavy atom. The monoisotopic (exact) mass is 176 g/mol. The van der Waals surface area contributed by atoms with E-state index in [0.29, 0.717) is 6.42 Å². The molecular formula is C10H12N2O. The van der Waals surface area contributed by atoms with Crippen molar-refractivity contribution in [3.63, 3.8) is 0 Å². The summed E-state index contributed by atoms with van der Waals surface area (Å²) in [5, 5.41) is 17.3. The number of nitrogens with zero attached hydrogens (tertiary/aromatic N) is 1. The van der Waals surface area contributed by atoms with Crippen LogP contribution in [0.2, 0.25) is 0 Å². The molecule has 0 saturated carbocycles. The molecule has 0 aliphatic heterocycles. The number of hydrogen-bond acceptors (Lipinski definition) is 2. The van der Waals surface area contributed by atoms with Crippen molar-refractivity contribution in [2.24, 2.45) is 0 Å². The summed E-state index contributed by atoms with van der Waals surface area (Å²) in [6.07, 6.45) is 2.15. The molecule has 2 rings (SSSR count). The summed E-state index contributed by atoms with van der Waals surface area (Å²) in [7, 11) is 0. The number of rotatable bonds is 2. The predicted octanol–water partition coefficient (Wildman–Crippen LogP) is 1.49. The average molecular weight is 176 g/mol. The van der Waals surface area contributed by atoms with Gasteiger partial charge in [0, 0.05) is 11.8 Å². The van der Waals surface area contributed by atoms with Crippen LogP contribution in [0.25, 0.3) is 10.9 Å². The first-order chi connectivity index (χ1) is 6.27. The zero-order chi connectivity index (χ0) is 9.26. The van der Waals surface area contributed by atoms with Crippen molar-refractivity contribution in [3.8, 4) is 0 Å². The molecule has 2 aromatic rings. The molecule has 3 nitrogen and oxygen atoms in total. The third-order valence-electron chi connectivity index (χ3n) is 2.08. The zero-order valence-electron chi connectivity index (χ0n) is 7.49. The maximum absolute atomic E-state index is 9.27. The van der Waals surface area contributed by atoms with Crippen LogP contribution < -0.4 is 0 Å². The smallest absolute Gasteiger partial charge is 0.0683 e. The molecule has 0 fully saturated rings. The topological polar surface area (TPSA) is 48.9 Å². The van der Waals surface area contributed by atoms with E-state index in [4.69, 9.17) is 0 Å². The first-order valence-corrected chi connectivity index (χ1v) is 4.36. The molecule has 1 atom stereocenters. The van der Waals surface area contributed by atoms with Crippen molar-refractivity contribution in [3.05, 3.63) is 30.0 Å². The van der Waals surface area contributed by atoms with E-state index in [9.17, 15) is 5.11 Å². The molecule has 0 radical (unpaired) electrons. The summed E-state index contributed by atoms with van der Waals surface area (Å²) in [5.74, 6) is 0. The Kier molecular flexibility index (Phi) is 2.02. The summed E-state index contributed by atoms with van der Waals surface area (Å²) >= 11 is 0. The van der Waals surface area contributed by atoms with Crippen LogP contribution in [0.5, 0.6) is 0 Å². The lowest BCUT2D eigenvalue weighted by molar-refractivity contribution is 0.196. The Balaban J connectivity index is 2.48. The number of aliphatic hydroxyl groups excluding tert-OH is 1. The van der Waals surface area contributed by atoms with Gasteiger partial charge in [-0.3, -0.25) is 5.10 Å². The van der Waals surface area contributed by atoms with E-state index in [1.165, 1.54) is 0 Å². The quantitative estimate of drug-likeness (QED) is 0.728. The van der Waals surface area contributed by atoms with Crippen LogP contribution in [0.4, 0.5) is 0 Å². The van der Waals surface area contributed by atoms with Gasteiger partial charge in [-0.15, -0.1) is 0 Å². The molecule has 0 bridgehead atoms. The van der Waals surface area contributed by atoms with Gasteiger partial charge >= 0.3 is 0 Å². The molecule has 1 aromatic carbocycles. The number of aliphatic hydroxyl groups is 1. The van der Waals surface area contributed by atoms with Gasteiger partial charge in [0.25, 0.3) is 0 Å². The van der Waals surface area contributed by atoms with E-state index in [1.807, 2.05) is 18.2 Å². The largest absolute Gasteiger partial charge is 0.393 e. The molecule has 68 valence electrons. The Labute approximate surface area is 76.4 Å². The molecule has 0 amide bonds. The Bertz CT molecular complexity index is 406. The lowest BCUT2D eigenvalue weighted by Gasteiger charge is -2.04. The lowest BCUT2D eigenvalue weighted by Crippen LogP contribution is -2.04. The fourth-order valence-corrected chi connectivity index (χ4v) is 1.52. The van der Waals surface area contributed by atoms with Gasteiger partial charge in [0.05, 0.1) is 17.8 Å². The molecule has 13 heavy (non-hydrogen) atoms. The van der Waals surface area contributed by atoms with Crippen LogP contribution in [0.15, 0.2) is 24.4 Å². The standard InChI is InChI=1S/C10H12N2O/c1-7(13)5-8-3-2-4-9-6-11-12-10(8)9/h2-4,6-7,13H,5H2,1H3,(H,11,12). The van der Waals surface area contributed by atoms with E-state index in [2.05, 4.69) is 10.2 Å².